The molecule has 4 aromatic rings. The van der Waals surface area contributed by atoms with Gasteiger partial charge in [0.25, 0.3) is 5.91 Å². The average molecular weight is 374 g/mol. The van der Waals surface area contributed by atoms with E-state index < -0.39 is 0 Å². The number of carbonyl (C=O) groups is 1. The van der Waals surface area contributed by atoms with Gasteiger partial charge in [0.15, 0.2) is 0 Å². The van der Waals surface area contributed by atoms with Gasteiger partial charge in [0.05, 0.1) is 0 Å². The van der Waals surface area contributed by atoms with Crippen molar-refractivity contribution in [3.8, 4) is 22.1 Å². The highest BCUT2D eigenvalue weighted by Gasteiger charge is 2.11. The summed E-state index contributed by atoms with van der Waals surface area (Å²) in [5, 5.41) is 12.1. The third kappa shape index (κ3) is 4.16. The smallest absolute Gasteiger partial charge is 0.257 e. The Morgan fingerprint density at radius 1 is 0.852 bits per heavy atom. The molecular formula is C20H14N4O2S. The minimum atomic E-state index is -0.251. The second kappa shape index (κ2) is 7.76. The molecule has 0 bridgehead atoms. The zero-order valence-corrected chi connectivity index (χ0v) is 14.9. The number of anilines is 1. The van der Waals surface area contributed by atoms with Gasteiger partial charge in [-0.25, -0.2) is 0 Å². The van der Waals surface area contributed by atoms with Gasteiger partial charge >= 0.3 is 0 Å². The summed E-state index contributed by atoms with van der Waals surface area (Å²) in [6, 6.07) is 20.1. The summed E-state index contributed by atoms with van der Waals surface area (Å²) in [5.41, 5.74) is 1.42. The third-order valence-electron chi connectivity index (χ3n) is 3.67. The van der Waals surface area contributed by atoms with Crippen molar-refractivity contribution >= 4 is 22.4 Å². The fourth-order valence-corrected chi connectivity index (χ4v) is 3.10. The van der Waals surface area contributed by atoms with E-state index >= 15 is 0 Å². The molecule has 27 heavy (non-hydrogen) atoms. The van der Waals surface area contributed by atoms with Gasteiger partial charge in [-0.2, -0.15) is 0 Å². The van der Waals surface area contributed by atoms with E-state index in [-0.39, 0.29) is 5.91 Å². The Kier molecular flexibility index (Phi) is 4.84. The van der Waals surface area contributed by atoms with Crippen molar-refractivity contribution in [2.24, 2.45) is 0 Å². The maximum Gasteiger partial charge on any atom is 0.257 e. The highest BCUT2D eigenvalue weighted by molar-refractivity contribution is 7.18. The molecule has 2 aromatic carbocycles. The lowest BCUT2D eigenvalue weighted by atomic mass is 10.2. The van der Waals surface area contributed by atoms with Gasteiger partial charge in [-0.15, -0.1) is 10.2 Å². The number of nitrogens with zero attached hydrogens (tertiary/aromatic N) is 3. The highest BCUT2D eigenvalue weighted by Crippen LogP contribution is 2.26. The lowest BCUT2D eigenvalue weighted by Crippen LogP contribution is -2.11. The van der Waals surface area contributed by atoms with E-state index in [0.29, 0.717) is 16.4 Å². The van der Waals surface area contributed by atoms with Gasteiger partial charge in [0.1, 0.15) is 16.5 Å². The molecule has 0 aliphatic rings. The van der Waals surface area contributed by atoms with Crippen LogP contribution < -0.4 is 10.1 Å². The Bertz CT molecular complexity index is 1030. The molecule has 0 unspecified atom stereocenters. The molecule has 132 valence electrons. The second-order valence-corrected chi connectivity index (χ2v) is 6.52. The van der Waals surface area contributed by atoms with Crippen molar-refractivity contribution in [2.45, 2.75) is 0 Å². The molecule has 0 fully saturated rings. The monoisotopic (exact) mass is 374 g/mol. The van der Waals surface area contributed by atoms with E-state index in [2.05, 4.69) is 20.5 Å². The Hall–Kier alpha value is -3.58. The molecule has 0 atom stereocenters. The maximum atomic E-state index is 12.4. The minimum absolute atomic E-state index is 0.251. The van der Waals surface area contributed by atoms with E-state index in [9.17, 15) is 4.79 Å². The number of nitrogens with one attached hydrogen (secondary N) is 1. The highest BCUT2D eigenvalue weighted by atomic mass is 32.1. The van der Waals surface area contributed by atoms with E-state index in [1.807, 2.05) is 42.5 Å². The van der Waals surface area contributed by atoms with Gasteiger partial charge in [-0.3, -0.25) is 15.1 Å². The first kappa shape index (κ1) is 16.9. The quantitative estimate of drug-likeness (QED) is 0.550. The Morgan fingerprint density at radius 3 is 2.30 bits per heavy atom. The number of ether oxygens (including phenoxy) is 1. The van der Waals surface area contributed by atoms with Crippen molar-refractivity contribution in [2.75, 3.05) is 5.32 Å². The normalized spacial score (nSPS) is 10.4. The van der Waals surface area contributed by atoms with Crippen LogP contribution in [0.15, 0.2) is 79.1 Å². The fourth-order valence-electron chi connectivity index (χ4n) is 2.35. The number of benzene rings is 2. The van der Waals surface area contributed by atoms with Gasteiger partial charge in [-0.05, 0) is 48.5 Å². The van der Waals surface area contributed by atoms with E-state index in [0.717, 1.165) is 16.3 Å². The summed E-state index contributed by atoms with van der Waals surface area (Å²) < 4.78 is 5.73. The van der Waals surface area contributed by atoms with Crippen LogP contribution in [-0.4, -0.2) is 21.1 Å². The van der Waals surface area contributed by atoms with Gasteiger partial charge in [0.2, 0.25) is 5.13 Å². The number of carbonyl (C=O) groups excluding carboxylic acids is 1. The van der Waals surface area contributed by atoms with Gasteiger partial charge in [0, 0.05) is 23.5 Å². The van der Waals surface area contributed by atoms with Crippen LogP contribution in [0.25, 0.3) is 10.6 Å². The maximum absolute atomic E-state index is 12.4. The second-order valence-electron chi connectivity index (χ2n) is 5.54. The summed E-state index contributed by atoms with van der Waals surface area (Å²) >= 11 is 1.31. The van der Waals surface area contributed by atoms with Gasteiger partial charge in [-0.1, -0.05) is 29.5 Å². The molecule has 0 spiro atoms. The van der Waals surface area contributed by atoms with Crippen LogP contribution in [0.2, 0.25) is 0 Å². The number of pyridine rings is 1. The molecule has 1 amide bonds. The van der Waals surface area contributed by atoms with Crippen molar-refractivity contribution in [3.63, 3.8) is 0 Å². The molecule has 0 saturated carbocycles. The molecule has 0 aliphatic heterocycles. The van der Waals surface area contributed by atoms with Crippen molar-refractivity contribution in [3.05, 3.63) is 84.7 Å². The van der Waals surface area contributed by atoms with Crippen molar-refractivity contribution in [1.29, 1.82) is 0 Å². The molecule has 6 nitrogen and oxygen atoms in total. The third-order valence-corrected chi connectivity index (χ3v) is 4.56. The first-order valence-electron chi connectivity index (χ1n) is 8.16. The average Bonchev–Trinajstić information content (AvgIpc) is 3.18. The van der Waals surface area contributed by atoms with Crippen LogP contribution in [0, 0.1) is 0 Å². The van der Waals surface area contributed by atoms with Crippen LogP contribution in [0.5, 0.6) is 11.5 Å². The van der Waals surface area contributed by atoms with Crippen LogP contribution in [0.1, 0.15) is 10.4 Å². The van der Waals surface area contributed by atoms with Gasteiger partial charge < -0.3 is 4.74 Å². The molecule has 2 heterocycles. The SMILES string of the molecule is O=C(Nc1nnc(-c2ccncc2)s1)c1ccc(Oc2ccccc2)cc1. The number of hydrogen-bond donors (Lipinski definition) is 1. The number of para-hydroxylation sites is 1. The predicted molar refractivity (Wildman–Crippen MR) is 104 cm³/mol. The predicted octanol–water partition coefficient (Wildman–Crippen LogP) is 4.64. The number of amides is 1. The van der Waals surface area contributed by atoms with E-state index in [4.69, 9.17) is 4.74 Å². The molecule has 0 radical (unpaired) electrons. The first-order valence-corrected chi connectivity index (χ1v) is 8.98. The lowest BCUT2D eigenvalue weighted by molar-refractivity contribution is 0.102. The van der Waals surface area contributed by atoms with Crippen LogP contribution >= 0.6 is 11.3 Å². The van der Waals surface area contributed by atoms with Crippen LogP contribution in [0.4, 0.5) is 5.13 Å². The molecule has 1 N–H and O–H groups in total. The van der Waals surface area contributed by atoms with Crippen molar-refractivity contribution < 1.29 is 9.53 Å². The van der Waals surface area contributed by atoms with Crippen LogP contribution in [0.3, 0.4) is 0 Å². The Balaban J connectivity index is 1.42. The zero-order valence-electron chi connectivity index (χ0n) is 14.1. The number of hydrogen-bond acceptors (Lipinski definition) is 6. The summed E-state index contributed by atoms with van der Waals surface area (Å²) in [7, 11) is 0. The molecule has 2 aromatic heterocycles. The minimum Gasteiger partial charge on any atom is -0.457 e. The Morgan fingerprint density at radius 2 is 1.56 bits per heavy atom. The van der Waals surface area contributed by atoms with Crippen LogP contribution in [-0.2, 0) is 0 Å². The number of rotatable bonds is 5. The van der Waals surface area contributed by atoms with E-state index in [1.165, 1.54) is 11.3 Å². The summed E-state index contributed by atoms with van der Waals surface area (Å²) in [6.45, 7) is 0. The first-order chi connectivity index (χ1) is 13.3. The molecule has 7 heteroatoms. The summed E-state index contributed by atoms with van der Waals surface area (Å²) in [5.74, 6) is 1.15. The topological polar surface area (TPSA) is 77.0 Å². The summed E-state index contributed by atoms with van der Waals surface area (Å²) in [6.07, 6.45) is 3.38. The molecule has 0 aliphatic carbocycles. The largest absolute Gasteiger partial charge is 0.457 e. The lowest BCUT2D eigenvalue weighted by Gasteiger charge is -2.06. The van der Waals surface area contributed by atoms with E-state index in [1.54, 1.807) is 36.7 Å². The Labute approximate surface area is 159 Å². The standard InChI is InChI=1S/C20H14N4O2S/c25-18(22-20-24-23-19(27-20)15-10-12-21-13-11-15)14-6-8-17(9-7-14)26-16-4-2-1-3-5-16/h1-13H,(H,22,24,25). The fraction of sp³-hybridized carbons (Fsp3) is 0. The molecular weight excluding hydrogens is 360 g/mol. The molecule has 0 saturated heterocycles. The number of aromatic nitrogens is 3. The van der Waals surface area contributed by atoms with Crippen molar-refractivity contribution in [1.82, 2.24) is 15.2 Å². The molecule has 4 rings (SSSR count). The zero-order chi connectivity index (χ0) is 18.5. The summed E-state index contributed by atoms with van der Waals surface area (Å²) in [4.78, 5) is 16.4.